The molecule has 1 heterocycles. The highest BCUT2D eigenvalue weighted by atomic mass is 127. The molecule has 1 aromatic heterocycles. The van der Waals surface area contributed by atoms with E-state index in [1.165, 1.54) is 11.1 Å². The number of nitrogens with one attached hydrogen (secondary N) is 2. The normalized spacial score (nSPS) is 11.8. The number of halogens is 1. The van der Waals surface area contributed by atoms with Crippen LogP contribution in [0.3, 0.4) is 0 Å². The number of hydrogen-bond donors (Lipinski definition) is 3. The second-order valence-corrected chi connectivity index (χ2v) is 6.45. The Morgan fingerprint density at radius 1 is 1.11 bits per heavy atom. The first kappa shape index (κ1) is 23.4. The molecule has 0 saturated heterocycles. The Morgan fingerprint density at radius 2 is 1.81 bits per heavy atom. The minimum absolute atomic E-state index is 0. The zero-order valence-electron chi connectivity index (χ0n) is 16.5. The minimum atomic E-state index is -0.700. The van der Waals surface area contributed by atoms with Crippen molar-refractivity contribution in [1.29, 1.82) is 0 Å². The lowest BCUT2D eigenvalue weighted by atomic mass is 9.98. The summed E-state index contributed by atoms with van der Waals surface area (Å²) >= 11 is 0. The van der Waals surface area contributed by atoms with Crippen LogP contribution in [-0.4, -0.2) is 39.5 Å². The third kappa shape index (κ3) is 7.50. The summed E-state index contributed by atoms with van der Waals surface area (Å²) in [6.07, 6.45) is 5.17. The zero-order chi connectivity index (χ0) is 18.8. The first-order valence-electron chi connectivity index (χ1n) is 9.39. The molecule has 3 N–H and O–H groups in total. The van der Waals surface area contributed by atoms with Gasteiger partial charge in [-0.1, -0.05) is 38.1 Å². The minimum Gasteiger partial charge on any atom is -0.388 e. The summed E-state index contributed by atoms with van der Waals surface area (Å²) < 4.78 is 1.91. The van der Waals surface area contributed by atoms with E-state index in [1.807, 2.05) is 49.8 Å². The molecule has 0 amide bonds. The van der Waals surface area contributed by atoms with Crippen molar-refractivity contribution < 1.29 is 5.11 Å². The van der Waals surface area contributed by atoms with Crippen LogP contribution in [0.2, 0.25) is 0 Å². The first-order valence-corrected chi connectivity index (χ1v) is 9.39. The number of rotatable bonds is 9. The Hall–Kier alpha value is -1.61. The van der Waals surface area contributed by atoms with Gasteiger partial charge in [-0.3, -0.25) is 4.68 Å². The number of benzene rings is 1. The van der Waals surface area contributed by atoms with Crippen molar-refractivity contribution in [3.63, 3.8) is 0 Å². The Kier molecular flexibility index (Phi) is 10.4. The van der Waals surface area contributed by atoms with Crippen molar-refractivity contribution in [1.82, 2.24) is 20.4 Å². The Balaban J connectivity index is 0.00000364. The third-order valence-corrected chi connectivity index (χ3v) is 4.66. The monoisotopic (exact) mass is 485 g/mol. The maximum atomic E-state index is 10.5. The quantitative estimate of drug-likeness (QED) is 0.290. The zero-order valence-corrected chi connectivity index (χ0v) is 18.8. The summed E-state index contributed by atoms with van der Waals surface area (Å²) in [6, 6.07) is 10.2. The van der Waals surface area contributed by atoms with Gasteiger partial charge in [0.2, 0.25) is 0 Å². The largest absolute Gasteiger partial charge is 0.388 e. The van der Waals surface area contributed by atoms with Crippen molar-refractivity contribution in [2.75, 3.05) is 13.1 Å². The van der Waals surface area contributed by atoms with E-state index in [0.717, 1.165) is 19.0 Å². The van der Waals surface area contributed by atoms with Gasteiger partial charge in [-0.15, -0.1) is 24.0 Å². The molecule has 2 rings (SSSR count). The molecule has 0 bridgehead atoms. The van der Waals surface area contributed by atoms with Crippen LogP contribution in [-0.2, 0) is 13.1 Å². The Morgan fingerprint density at radius 3 is 2.41 bits per heavy atom. The van der Waals surface area contributed by atoms with Gasteiger partial charge in [-0.2, -0.15) is 5.10 Å². The molecule has 6 nitrogen and oxygen atoms in total. The van der Waals surface area contributed by atoms with Crippen molar-refractivity contribution in [3.8, 4) is 0 Å². The summed E-state index contributed by atoms with van der Waals surface area (Å²) in [5.74, 6) is 0.724. The molecule has 7 heteroatoms. The van der Waals surface area contributed by atoms with E-state index < -0.39 is 5.60 Å². The van der Waals surface area contributed by atoms with E-state index in [4.69, 9.17) is 4.99 Å². The molecule has 0 saturated carbocycles. The SMILES string of the molecule is CCNC(=NCc1ccccc1Cn1cccn1)NCC(O)(CC)CC.I. The molecule has 0 radical (unpaired) electrons. The molecule has 150 valence electrons. The van der Waals surface area contributed by atoms with Crippen LogP contribution >= 0.6 is 24.0 Å². The lowest BCUT2D eigenvalue weighted by Gasteiger charge is -2.26. The molecule has 2 aromatic rings. The highest BCUT2D eigenvalue weighted by molar-refractivity contribution is 14.0. The topological polar surface area (TPSA) is 74.5 Å². The second kappa shape index (κ2) is 12.0. The van der Waals surface area contributed by atoms with Gasteiger partial charge in [0.1, 0.15) is 0 Å². The van der Waals surface area contributed by atoms with Crippen LogP contribution in [0.5, 0.6) is 0 Å². The summed E-state index contributed by atoms with van der Waals surface area (Å²) in [6.45, 7) is 8.60. The van der Waals surface area contributed by atoms with Crippen LogP contribution in [0.25, 0.3) is 0 Å². The lowest BCUT2D eigenvalue weighted by molar-refractivity contribution is 0.0367. The fraction of sp³-hybridized carbons (Fsp3) is 0.500. The molecule has 0 aliphatic carbocycles. The number of aliphatic hydroxyl groups is 1. The fourth-order valence-corrected chi connectivity index (χ4v) is 2.69. The first-order chi connectivity index (χ1) is 12.6. The lowest BCUT2D eigenvalue weighted by Crippen LogP contribution is -2.46. The van der Waals surface area contributed by atoms with E-state index in [2.05, 4.69) is 27.9 Å². The maximum absolute atomic E-state index is 10.5. The summed E-state index contributed by atoms with van der Waals surface area (Å²) in [7, 11) is 0. The van der Waals surface area contributed by atoms with Crippen molar-refractivity contribution in [2.45, 2.75) is 52.3 Å². The standard InChI is InChI=1S/C20H31N5O.HI/c1-4-20(26,5-2)16-23-19(21-6-3)22-14-17-10-7-8-11-18(17)15-25-13-9-12-24-25;/h7-13,26H,4-6,14-16H2,1-3H3,(H2,21,22,23);1H. The second-order valence-electron chi connectivity index (χ2n) is 6.45. The van der Waals surface area contributed by atoms with Gasteiger partial charge in [-0.05, 0) is 37.0 Å². The van der Waals surface area contributed by atoms with E-state index in [0.29, 0.717) is 25.9 Å². The molecule has 1 aromatic carbocycles. The number of hydrogen-bond acceptors (Lipinski definition) is 3. The number of aromatic nitrogens is 2. The average Bonchev–Trinajstić information content (AvgIpc) is 3.18. The summed E-state index contributed by atoms with van der Waals surface area (Å²) in [5, 5.41) is 21.3. The van der Waals surface area contributed by atoms with Gasteiger partial charge >= 0.3 is 0 Å². The number of aliphatic imine (C=N–C) groups is 1. The molecular weight excluding hydrogens is 453 g/mol. The van der Waals surface area contributed by atoms with Crippen LogP contribution in [0, 0.1) is 0 Å². The molecule has 0 atom stereocenters. The van der Waals surface area contributed by atoms with Crippen LogP contribution in [0.15, 0.2) is 47.7 Å². The van der Waals surface area contributed by atoms with Crippen LogP contribution < -0.4 is 10.6 Å². The molecule has 0 aliphatic heterocycles. The third-order valence-electron chi connectivity index (χ3n) is 4.66. The van der Waals surface area contributed by atoms with Crippen molar-refractivity contribution in [2.24, 2.45) is 4.99 Å². The number of nitrogens with zero attached hydrogens (tertiary/aromatic N) is 3. The predicted molar refractivity (Wildman–Crippen MR) is 122 cm³/mol. The van der Waals surface area contributed by atoms with Gasteiger partial charge in [-0.25, -0.2) is 4.99 Å². The number of guanidine groups is 1. The molecular formula is C20H32IN5O. The van der Waals surface area contributed by atoms with Gasteiger partial charge in [0.05, 0.1) is 18.7 Å². The van der Waals surface area contributed by atoms with E-state index in [-0.39, 0.29) is 24.0 Å². The van der Waals surface area contributed by atoms with E-state index >= 15 is 0 Å². The highest BCUT2D eigenvalue weighted by Crippen LogP contribution is 2.13. The summed E-state index contributed by atoms with van der Waals surface area (Å²) in [5.41, 5.74) is 1.67. The van der Waals surface area contributed by atoms with E-state index in [9.17, 15) is 5.11 Å². The highest BCUT2D eigenvalue weighted by Gasteiger charge is 2.22. The summed E-state index contributed by atoms with van der Waals surface area (Å²) in [4.78, 5) is 4.70. The molecule has 0 spiro atoms. The van der Waals surface area contributed by atoms with E-state index in [1.54, 1.807) is 6.20 Å². The molecule has 27 heavy (non-hydrogen) atoms. The predicted octanol–water partition coefficient (Wildman–Crippen LogP) is 3.16. The molecule has 0 unspecified atom stereocenters. The van der Waals surface area contributed by atoms with Gasteiger partial charge < -0.3 is 15.7 Å². The Labute approximate surface area is 179 Å². The Bertz CT molecular complexity index is 683. The fourth-order valence-electron chi connectivity index (χ4n) is 2.69. The molecule has 0 fully saturated rings. The average molecular weight is 485 g/mol. The van der Waals surface area contributed by atoms with Crippen molar-refractivity contribution in [3.05, 3.63) is 53.9 Å². The molecule has 0 aliphatic rings. The van der Waals surface area contributed by atoms with Crippen LogP contribution in [0.1, 0.15) is 44.7 Å². The van der Waals surface area contributed by atoms with Crippen LogP contribution in [0.4, 0.5) is 0 Å². The van der Waals surface area contributed by atoms with Gasteiger partial charge in [0, 0.05) is 25.5 Å². The van der Waals surface area contributed by atoms with Gasteiger partial charge in [0.15, 0.2) is 5.96 Å². The maximum Gasteiger partial charge on any atom is 0.191 e. The van der Waals surface area contributed by atoms with Crippen molar-refractivity contribution >= 4 is 29.9 Å². The van der Waals surface area contributed by atoms with Gasteiger partial charge in [0.25, 0.3) is 0 Å². The smallest absolute Gasteiger partial charge is 0.191 e.